The molecule has 0 spiro atoms. The molecule has 0 bridgehead atoms. The van der Waals surface area contributed by atoms with E-state index >= 15 is 0 Å². The normalized spacial score (nSPS) is 11.1. The van der Waals surface area contributed by atoms with Crippen molar-refractivity contribution in [3.63, 3.8) is 0 Å². The number of nitrogens with one attached hydrogen (secondary N) is 2. The summed E-state index contributed by atoms with van der Waals surface area (Å²) in [5.74, 6) is 0.454. The highest BCUT2D eigenvalue weighted by atomic mass is 32.2. The maximum atomic E-state index is 12.5. The number of sulfonamides is 1. The molecule has 0 aliphatic rings. The highest BCUT2D eigenvalue weighted by molar-refractivity contribution is 7.89. The summed E-state index contributed by atoms with van der Waals surface area (Å²) in [5.41, 5.74) is 2.44. The molecule has 0 heterocycles. The Kier molecular flexibility index (Phi) is 6.65. The van der Waals surface area contributed by atoms with Crippen LogP contribution >= 0.6 is 0 Å². The van der Waals surface area contributed by atoms with Crippen LogP contribution in [0.15, 0.2) is 47.4 Å². The van der Waals surface area contributed by atoms with Gasteiger partial charge in [-0.2, -0.15) is 0 Å². The molecule has 0 aliphatic heterocycles. The zero-order chi connectivity index (χ0) is 20.0. The molecule has 0 aromatic heterocycles. The van der Waals surface area contributed by atoms with Gasteiger partial charge in [0.2, 0.25) is 0 Å². The fourth-order valence-electron chi connectivity index (χ4n) is 2.19. The average Bonchev–Trinajstić information content (AvgIpc) is 2.65. The molecule has 2 rings (SSSR count). The maximum Gasteiger partial charge on any atom is 0.266 e. The summed E-state index contributed by atoms with van der Waals surface area (Å²) in [5, 5.41) is 0. The van der Waals surface area contributed by atoms with Crippen molar-refractivity contribution in [3.05, 3.63) is 48.0 Å². The first-order valence-electron chi connectivity index (χ1n) is 8.07. The highest BCUT2D eigenvalue weighted by Crippen LogP contribution is 2.27. The number of carbonyl (C=O) groups is 1. The van der Waals surface area contributed by atoms with Gasteiger partial charge in [0, 0.05) is 11.6 Å². The molecule has 0 aliphatic carbocycles. The third-order valence-corrected chi connectivity index (χ3v) is 4.72. The lowest BCUT2D eigenvalue weighted by molar-refractivity contribution is 0.0945. The number of amides is 1. The molecule has 0 saturated heterocycles. The van der Waals surface area contributed by atoms with E-state index in [2.05, 4.69) is 10.3 Å². The zero-order valence-electron chi connectivity index (χ0n) is 15.5. The Morgan fingerprint density at radius 2 is 1.59 bits per heavy atom. The zero-order valence-corrected chi connectivity index (χ0v) is 16.3. The quantitative estimate of drug-likeness (QED) is 0.665. The molecule has 0 saturated carbocycles. The van der Waals surface area contributed by atoms with E-state index in [1.807, 2.05) is 13.8 Å². The molecule has 146 valence electrons. The van der Waals surface area contributed by atoms with Crippen LogP contribution in [0, 0.1) is 0 Å². The van der Waals surface area contributed by atoms with E-state index in [0.29, 0.717) is 11.5 Å². The lowest BCUT2D eigenvalue weighted by Gasteiger charge is -2.13. The molecule has 2 aromatic carbocycles. The summed E-state index contributed by atoms with van der Waals surface area (Å²) >= 11 is 0. The van der Waals surface area contributed by atoms with E-state index in [0.717, 1.165) is 0 Å². The van der Waals surface area contributed by atoms with E-state index in [1.165, 1.54) is 38.5 Å². The van der Waals surface area contributed by atoms with Crippen LogP contribution in [-0.2, 0) is 10.0 Å². The minimum absolute atomic E-state index is 0.00864. The van der Waals surface area contributed by atoms with Gasteiger partial charge in [0.05, 0.1) is 20.3 Å². The molecular formula is C18H22N2O6S. The molecular weight excluding hydrogens is 372 g/mol. The largest absolute Gasteiger partial charge is 0.497 e. The van der Waals surface area contributed by atoms with Gasteiger partial charge < -0.3 is 14.2 Å². The summed E-state index contributed by atoms with van der Waals surface area (Å²) in [6.07, 6.45) is 0.00864. The standard InChI is InChI=1S/C18H22N2O6S/c1-12(2)26-14-7-5-13(6-8-14)18(21)19-20-27(22,23)17-11-15(24-3)9-10-16(17)25-4/h5-12,20H,1-4H3,(H,19,21). The van der Waals surface area contributed by atoms with E-state index < -0.39 is 15.9 Å². The Labute approximate surface area is 158 Å². The van der Waals surface area contributed by atoms with Gasteiger partial charge in [-0.1, -0.05) is 0 Å². The van der Waals surface area contributed by atoms with Gasteiger partial charge >= 0.3 is 0 Å². The Bertz CT molecular complexity index is 895. The first-order chi connectivity index (χ1) is 12.8. The maximum absolute atomic E-state index is 12.5. The second-order valence-electron chi connectivity index (χ2n) is 5.77. The summed E-state index contributed by atoms with van der Waals surface area (Å²) in [6, 6.07) is 10.7. The first-order valence-corrected chi connectivity index (χ1v) is 9.56. The van der Waals surface area contributed by atoms with Crippen molar-refractivity contribution in [1.82, 2.24) is 10.3 Å². The molecule has 2 aromatic rings. The fraction of sp³-hybridized carbons (Fsp3) is 0.278. The topological polar surface area (TPSA) is 103 Å². The molecule has 0 radical (unpaired) electrons. The summed E-state index contributed by atoms with van der Waals surface area (Å²) < 4.78 is 40.6. The predicted octanol–water partition coefficient (Wildman–Crippen LogP) is 2.11. The SMILES string of the molecule is COc1ccc(OC)c(S(=O)(=O)NNC(=O)c2ccc(OC(C)C)cc2)c1. The lowest BCUT2D eigenvalue weighted by atomic mass is 10.2. The van der Waals surface area contributed by atoms with Crippen LogP contribution in [-0.4, -0.2) is 34.6 Å². The van der Waals surface area contributed by atoms with E-state index in [1.54, 1.807) is 18.2 Å². The van der Waals surface area contributed by atoms with Crippen LogP contribution in [0.3, 0.4) is 0 Å². The van der Waals surface area contributed by atoms with Crippen LogP contribution in [0.25, 0.3) is 0 Å². The third kappa shape index (κ3) is 5.35. The fourth-order valence-corrected chi connectivity index (χ4v) is 3.22. The molecule has 0 atom stereocenters. The minimum Gasteiger partial charge on any atom is -0.497 e. The molecule has 8 nitrogen and oxygen atoms in total. The van der Waals surface area contributed by atoms with Crippen molar-refractivity contribution in [2.45, 2.75) is 24.8 Å². The van der Waals surface area contributed by atoms with Crippen molar-refractivity contribution in [2.24, 2.45) is 0 Å². The van der Waals surface area contributed by atoms with Crippen LogP contribution in [0.1, 0.15) is 24.2 Å². The molecule has 9 heteroatoms. The number of ether oxygens (including phenoxy) is 3. The number of carbonyl (C=O) groups excluding carboxylic acids is 1. The smallest absolute Gasteiger partial charge is 0.266 e. The molecule has 0 fully saturated rings. The van der Waals surface area contributed by atoms with Crippen molar-refractivity contribution in [3.8, 4) is 17.2 Å². The number of benzene rings is 2. The average molecular weight is 394 g/mol. The number of methoxy groups -OCH3 is 2. The second-order valence-corrected chi connectivity index (χ2v) is 7.42. The molecule has 0 unspecified atom stereocenters. The number of hydrazine groups is 1. The molecule has 1 amide bonds. The van der Waals surface area contributed by atoms with Crippen LogP contribution in [0.4, 0.5) is 0 Å². The van der Waals surface area contributed by atoms with E-state index in [4.69, 9.17) is 14.2 Å². The monoisotopic (exact) mass is 394 g/mol. The molecule has 27 heavy (non-hydrogen) atoms. The van der Waals surface area contributed by atoms with Gasteiger partial charge in [-0.05, 0) is 50.2 Å². The van der Waals surface area contributed by atoms with Gasteiger partial charge in [-0.25, -0.2) is 8.42 Å². The summed E-state index contributed by atoms with van der Waals surface area (Å²) in [4.78, 5) is 14.1. The van der Waals surface area contributed by atoms with Gasteiger partial charge in [0.25, 0.3) is 15.9 Å². The van der Waals surface area contributed by atoms with Gasteiger partial charge in [0.1, 0.15) is 22.1 Å². The second kappa shape index (κ2) is 8.74. The van der Waals surface area contributed by atoms with Crippen LogP contribution in [0.2, 0.25) is 0 Å². The van der Waals surface area contributed by atoms with Crippen LogP contribution in [0.5, 0.6) is 17.2 Å². The first kappa shape index (κ1) is 20.5. The van der Waals surface area contributed by atoms with Gasteiger partial charge in [0.15, 0.2) is 0 Å². The Morgan fingerprint density at radius 1 is 0.963 bits per heavy atom. The summed E-state index contributed by atoms with van der Waals surface area (Å²) in [6.45, 7) is 3.78. The van der Waals surface area contributed by atoms with Gasteiger partial charge in [-0.15, -0.1) is 4.83 Å². The van der Waals surface area contributed by atoms with Crippen molar-refractivity contribution in [1.29, 1.82) is 0 Å². The number of hydrogen-bond acceptors (Lipinski definition) is 6. The molecule has 2 N–H and O–H groups in total. The van der Waals surface area contributed by atoms with Crippen molar-refractivity contribution in [2.75, 3.05) is 14.2 Å². The number of hydrogen-bond donors (Lipinski definition) is 2. The van der Waals surface area contributed by atoms with Crippen LogP contribution < -0.4 is 24.5 Å². The van der Waals surface area contributed by atoms with Crippen molar-refractivity contribution < 1.29 is 27.4 Å². The predicted molar refractivity (Wildman–Crippen MR) is 99.5 cm³/mol. The van der Waals surface area contributed by atoms with Crippen molar-refractivity contribution >= 4 is 15.9 Å². The highest BCUT2D eigenvalue weighted by Gasteiger charge is 2.21. The third-order valence-electron chi connectivity index (χ3n) is 3.45. The minimum atomic E-state index is -4.07. The van der Waals surface area contributed by atoms with E-state index in [-0.39, 0.29) is 22.3 Å². The lowest BCUT2D eigenvalue weighted by Crippen LogP contribution is -2.41. The number of rotatable bonds is 8. The Hall–Kier alpha value is -2.78. The Balaban J connectivity index is 2.12. The van der Waals surface area contributed by atoms with Gasteiger partial charge in [-0.3, -0.25) is 10.2 Å². The van der Waals surface area contributed by atoms with E-state index in [9.17, 15) is 13.2 Å². The summed E-state index contributed by atoms with van der Waals surface area (Å²) in [7, 11) is -1.31. The Morgan fingerprint density at radius 3 is 2.15 bits per heavy atom.